The van der Waals surface area contributed by atoms with E-state index in [1.807, 2.05) is 6.92 Å². The number of aromatic hydroxyl groups is 1. The Morgan fingerprint density at radius 1 is 1.40 bits per heavy atom. The fraction of sp³-hybridized carbons (Fsp3) is 0.286. The van der Waals surface area contributed by atoms with Gasteiger partial charge in [0.15, 0.2) is 0 Å². The number of pyridine rings is 1. The zero-order valence-electron chi connectivity index (χ0n) is 5.85. The monoisotopic (exact) mass is 157 g/mol. The van der Waals surface area contributed by atoms with E-state index in [0.29, 0.717) is 5.15 Å². The first-order chi connectivity index (χ1) is 4.61. The van der Waals surface area contributed by atoms with Crippen LogP contribution in [0.3, 0.4) is 0 Å². The minimum Gasteiger partial charge on any atom is -0.493 e. The van der Waals surface area contributed by atoms with E-state index in [-0.39, 0.29) is 5.88 Å². The molecule has 0 atom stereocenters. The summed E-state index contributed by atoms with van der Waals surface area (Å²) in [7, 11) is 0. The van der Waals surface area contributed by atoms with Crippen molar-refractivity contribution in [3.63, 3.8) is 0 Å². The van der Waals surface area contributed by atoms with Crippen LogP contribution >= 0.6 is 11.6 Å². The number of hydrogen-bond donors (Lipinski definition) is 1. The van der Waals surface area contributed by atoms with Crippen molar-refractivity contribution in [2.24, 2.45) is 0 Å². The molecule has 10 heavy (non-hydrogen) atoms. The molecule has 0 aliphatic heterocycles. The number of nitrogens with zero attached hydrogens (tertiary/aromatic N) is 1. The van der Waals surface area contributed by atoms with Crippen molar-refractivity contribution in [3.05, 3.63) is 22.3 Å². The highest BCUT2D eigenvalue weighted by molar-refractivity contribution is 6.30. The predicted molar refractivity (Wildman–Crippen MR) is 40.4 cm³/mol. The van der Waals surface area contributed by atoms with Crippen molar-refractivity contribution in [2.45, 2.75) is 13.8 Å². The summed E-state index contributed by atoms with van der Waals surface area (Å²) >= 11 is 5.61. The van der Waals surface area contributed by atoms with Gasteiger partial charge >= 0.3 is 0 Å². The molecule has 54 valence electrons. The van der Waals surface area contributed by atoms with Crippen LogP contribution in [0.5, 0.6) is 5.88 Å². The minimum atomic E-state index is 0.00981. The van der Waals surface area contributed by atoms with Crippen LogP contribution in [0.25, 0.3) is 0 Å². The van der Waals surface area contributed by atoms with Gasteiger partial charge in [-0.2, -0.15) is 0 Å². The van der Waals surface area contributed by atoms with Gasteiger partial charge in [0.1, 0.15) is 5.15 Å². The highest BCUT2D eigenvalue weighted by atomic mass is 35.5. The van der Waals surface area contributed by atoms with Crippen molar-refractivity contribution in [3.8, 4) is 5.88 Å². The molecule has 0 bridgehead atoms. The van der Waals surface area contributed by atoms with Crippen molar-refractivity contribution in [1.82, 2.24) is 4.98 Å². The third kappa shape index (κ3) is 1.21. The maximum absolute atomic E-state index is 9.03. The van der Waals surface area contributed by atoms with Gasteiger partial charge in [0.05, 0.1) is 0 Å². The quantitative estimate of drug-likeness (QED) is 0.585. The third-order valence-electron chi connectivity index (χ3n) is 1.32. The molecule has 3 heteroatoms. The second-order valence-electron chi connectivity index (χ2n) is 2.24. The summed E-state index contributed by atoms with van der Waals surface area (Å²) < 4.78 is 0. The van der Waals surface area contributed by atoms with E-state index in [4.69, 9.17) is 16.7 Å². The van der Waals surface area contributed by atoms with E-state index in [1.165, 1.54) is 0 Å². The molecular weight excluding hydrogens is 150 g/mol. The van der Waals surface area contributed by atoms with Crippen LogP contribution in [0.15, 0.2) is 6.07 Å². The SMILES string of the molecule is Cc1cc(C)c(Cl)nc1O. The maximum atomic E-state index is 9.03. The van der Waals surface area contributed by atoms with Gasteiger partial charge in [0.25, 0.3) is 0 Å². The van der Waals surface area contributed by atoms with Gasteiger partial charge in [-0.15, -0.1) is 0 Å². The Bertz CT molecular complexity index is 210. The number of rotatable bonds is 0. The number of hydrogen-bond acceptors (Lipinski definition) is 2. The summed E-state index contributed by atoms with van der Waals surface area (Å²) in [4.78, 5) is 3.69. The fourth-order valence-corrected chi connectivity index (χ4v) is 0.853. The average molecular weight is 158 g/mol. The summed E-state index contributed by atoms with van der Waals surface area (Å²) in [6.45, 7) is 3.63. The molecular formula is C7H8ClNO. The van der Waals surface area contributed by atoms with E-state index in [9.17, 15) is 0 Å². The molecule has 2 nitrogen and oxygen atoms in total. The predicted octanol–water partition coefficient (Wildman–Crippen LogP) is 2.06. The first-order valence-electron chi connectivity index (χ1n) is 2.94. The summed E-state index contributed by atoms with van der Waals surface area (Å²) in [5.74, 6) is 0.00981. The number of halogens is 1. The van der Waals surface area contributed by atoms with Crippen LogP contribution in [0.2, 0.25) is 5.15 Å². The van der Waals surface area contributed by atoms with Gasteiger partial charge in [0.2, 0.25) is 5.88 Å². The summed E-state index contributed by atoms with van der Waals surface area (Å²) in [6.07, 6.45) is 0. The highest BCUT2D eigenvalue weighted by Crippen LogP contribution is 2.19. The minimum absolute atomic E-state index is 0.00981. The standard InChI is InChI=1S/C7H8ClNO/c1-4-3-5(2)7(10)9-6(4)8/h3H,1-2H3,(H,9,10). The normalized spacial score (nSPS) is 9.90. The lowest BCUT2D eigenvalue weighted by Gasteiger charge is -1.99. The number of aromatic nitrogens is 1. The molecule has 1 N–H and O–H groups in total. The smallest absolute Gasteiger partial charge is 0.215 e. The van der Waals surface area contributed by atoms with Crippen LogP contribution in [0, 0.1) is 13.8 Å². The fourth-order valence-electron chi connectivity index (χ4n) is 0.718. The molecule has 1 aromatic heterocycles. The molecule has 0 aromatic carbocycles. The molecule has 1 heterocycles. The molecule has 1 rings (SSSR count). The van der Waals surface area contributed by atoms with E-state index < -0.39 is 0 Å². The molecule has 0 saturated carbocycles. The number of aryl methyl sites for hydroxylation is 2. The Kier molecular flexibility index (Phi) is 1.81. The van der Waals surface area contributed by atoms with Crippen LogP contribution in [0.1, 0.15) is 11.1 Å². The van der Waals surface area contributed by atoms with Crippen LogP contribution in [0.4, 0.5) is 0 Å². The Morgan fingerprint density at radius 2 is 2.00 bits per heavy atom. The van der Waals surface area contributed by atoms with Crippen molar-refractivity contribution in [2.75, 3.05) is 0 Å². The maximum Gasteiger partial charge on any atom is 0.215 e. The Morgan fingerprint density at radius 3 is 2.50 bits per heavy atom. The molecule has 0 amide bonds. The molecule has 0 spiro atoms. The summed E-state index contributed by atoms with van der Waals surface area (Å²) in [5.41, 5.74) is 1.64. The molecule has 0 aliphatic carbocycles. The van der Waals surface area contributed by atoms with Crippen LogP contribution < -0.4 is 0 Å². The molecule has 1 aromatic rings. The molecule has 0 saturated heterocycles. The van der Waals surface area contributed by atoms with Crippen molar-refractivity contribution >= 4 is 11.6 Å². The summed E-state index contributed by atoms with van der Waals surface area (Å²) in [5, 5.41) is 9.39. The topological polar surface area (TPSA) is 33.1 Å². The van der Waals surface area contributed by atoms with Gasteiger partial charge < -0.3 is 5.11 Å². The van der Waals surface area contributed by atoms with E-state index in [2.05, 4.69) is 4.98 Å². The first kappa shape index (κ1) is 7.35. The Hall–Kier alpha value is -0.760. The zero-order chi connectivity index (χ0) is 7.72. The molecule has 0 radical (unpaired) electrons. The lowest BCUT2D eigenvalue weighted by atomic mass is 10.2. The third-order valence-corrected chi connectivity index (χ3v) is 1.70. The van der Waals surface area contributed by atoms with Gasteiger partial charge in [-0.1, -0.05) is 11.6 Å². The van der Waals surface area contributed by atoms with E-state index in [0.717, 1.165) is 11.1 Å². The Balaban J connectivity index is 3.28. The molecule has 0 aliphatic rings. The molecule has 0 unspecified atom stereocenters. The lowest BCUT2D eigenvalue weighted by molar-refractivity contribution is 0.449. The average Bonchev–Trinajstić information content (AvgIpc) is 1.84. The van der Waals surface area contributed by atoms with Gasteiger partial charge in [-0.05, 0) is 25.5 Å². The lowest BCUT2D eigenvalue weighted by Crippen LogP contribution is -1.84. The van der Waals surface area contributed by atoms with Gasteiger partial charge in [-0.25, -0.2) is 4.98 Å². The van der Waals surface area contributed by atoms with Crippen LogP contribution in [-0.2, 0) is 0 Å². The second-order valence-corrected chi connectivity index (χ2v) is 2.59. The highest BCUT2D eigenvalue weighted by Gasteiger charge is 2.01. The van der Waals surface area contributed by atoms with Crippen LogP contribution in [-0.4, -0.2) is 10.1 Å². The van der Waals surface area contributed by atoms with Gasteiger partial charge in [-0.3, -0.25) is 0 Å². The van der Waals surface area contributed by atoms with Gasteiger partial charge in [0, 0.05) is 5.56 Å². The van der Waals surface area contributed by atoms with Crippen molar-refractivity contribution < 1.29 is 5.11 Å². The van der Waals surface area contributed by atoms with Crippen molar-refractivity contribution in [1.29, 1.82) is 0 Å². The molecule has 0 fully saturated rings. The van der Waals surface area contributed by atoms with E-state index >= 15 is 0 Å². The second kappa shape index (κ2) is 2.46. The van der Waals surface area contributed by atoms with E-state index in [1.54, 1.807) is 13.0 Å². The largest absolute Gasteiger partial charge is 0.493 e. The summed E-state index contributed by atoms with van der Waals surface area (Å²) in [6, 6.07) is 1.80. The first-order valence-corrected chi connectivity index (χ1v) is 3.32. The Labute approximate surface area is 64.5 Å². The zero-order valence-corrected chi connectivity index (χ0v) is 6.61.